The van der Waals surface area contributed by atoms with E-state index in [2.05, 4.69) is 31.4 Å². The number of thiazole rings is 1. The summed E-state index contributed by atoms with van der Waals surface area (Å²) >= 11 is 4.78. The van der Waals surface area contributed by atoms with E-state index in [9.17, 15) is 4.79 Å². The Morgan fingerprint density at radius 1 is 1.21 bits per heavy atom. The van der Waals surface area contributed by atoms with Crippen LogP contribution in [-0.2, 0) is 0 Å². The van der Waals surface area contributed by atoms with Crippen LogP contribution < -0.4 is 15.8 Å². The van der Waals surface area contributed by atoms with Gasteiger partial charge in [0, 0.05) is 15.2 Å². The molecule has 2 aromatic heterocycles. The predicted octanol–water partition coefficient (Wildman–Crippen LogP) is 5.13. The van der Waals surface area contributed by atoms with Crippen molar-refractivity contribution < 1.29 is 9.15 Å². The van der Waals surface area contributed by atoms with Gasteiger partial charge in [-0.2, -0.15) is 5.10 Å². The molecule has 6 nitrogen and oxygen atoms in total. The minimum atomic E-state index is -0.423. The lowest BCUT2D eigenvalue weighted by Gasteiger charge is -2.00. The Kier molecular flexibility index (Phi) is 5.23. The number of hydrogen-bond acceptors (Lipinski definition) is 7. The average molecular weight is 456 g/mol. The molecule has 4 aromatic rings. The lowest BCUT2D eigenvalue weighted by atomic mass is 10.1. The summed E-state index contributed by atoms with van der Waals surface area (Å²) in [6, 6.07) is 14.8. The summed E-state index contributed by atoms with van der Waals surface area (Å²) < 4.78 is 11.4. The summed E-state index contributed by atoms with van der Waals surface area (Å²) in [5, 5.41) is 7.38. The molecule has 2 heterocycles. The van der Waals surface area contributed by atoms with Gasteiger partial charge in [-0.3, -0.25) is 5.43 Å². The Bertz CT molecular complexity index is 1220. The highest BCUT2D eigenvalue weighted by Crippen LogP contribution is 2.26. The topological polar surface area (TPSA) is 76.7 Å². The minimum absolute atomic E-state index is 0.411. The predicted molar refractivity (Wildman–Crippen MR) is 116 cm³/mol. The maximum atomic E-state index is 12.3. The quantitative estimate of drug-likeness (QED) is 0.256. The number of halogens is 1. The minimum Gasteiger partial charge on any atom is -0.497 e. The fourth-order valence-corrected chi connectivity index (χ4v) is 3.61. The average Bonchev–Trinajstić information content (AvgIpc) is 3.17. The maximum absolute atomic E-state index is 12.3. The molecule has 0 radical (unpaired) electrons. The first-order valence-electron chi connectivity index (χ1n) is 8.25. The molecule has 0 saturated heterocycles. The first-order chi connectivity index (χ1) is 13.6. The van der Waals surface area contributed by atoms with Crippen molar-refractivity contribution in [1.29, 1.82) is 0 Å². The van der Waals surface area contributed by atoms with E-state index >= 15 is 0 Å². The first kappa shape index (κ1) is 18.4. The van der Waals surface area contributed by atoms with Crippen molar-refractivity contribution >= 4 is 49.6 Å². The molecular formula is C20H14BrN3O3S. The van der Waals surface area contributed by atoms with Crippen molar-refractivity contribution in [3.8, 4) is 17.0 Å². The third kappa shape index (κ3) is 3.97. The summed E-state index contributed by atoms with van der Waals surface area (Å²) in [5.41, 5.74) is 4.87. The van der Waals surface area contributed by atoms with Crippen LogP contribution in [0, 0.1) is 0 Å². The zero-order chi connectivity index (χ0) is 19.5. The summed E-state index contributed by atoms with van der Waals surface area (Å²) in [4.78, 5) is 16.7. The fraction of sp³-hybridized carbons (Fsp3) is 0.0500. The second-order valence-corrected chi connectivity index (χ2v) is 7.58. The van der Waals surface area contributed by atoms with Gasteiger partial charge < -0.3 is 9.15 Å². The van der Waals surface area contributed by atoms with Crippen LogP contribution >= 0.6 is 27.3 Å². The molecule has 2 aromatic carbocycles. The molecule has 28 heavy (non-hydrogen) atoms. The van der Waals surface area contributed by atoms with Crippen LogP contribution in [0.25, 0.3) is 22.2 Å². The van der Waals surface area contributed by atoms with Crippen LogP contribution in [0.3, 0.4) is 0 Å². The molecule has 0 aliphatic carbocycles. The molecule has 4 rings (SSSR count). The second kappa shape index (κ2) is 7.95. The van der Waals surface area contributed by atoms with Crippen LogP contribution in [0.5, 0.6) is 5.75 Å². The zero-order valence-corrected chi connectivity index (χ0v) is 17.1. The number of rotatable bonds is 5. The van der Waals surface area contributed by atoms with Gasteiger partial charge >= 0.3 is 5.63 Å². The van der Waals surface area contributed by atoms with E-state index in [1.165, 1.54) is 11.3 Å². The number of aromatic nitrogens is 1. The molecular weight excluding hydrogens is 442 g/mol. The largest absolute Gasteiger partial charge is 0.497 e. The zero-order valence-electron chi connectivity index (χ0n) is 14.7. The lowest BCUT2D eigenvalue weighted by molar-refractivity contribution is 0.415. The number of nitrogens with one attached hydrogen (secondary N) is 1. The SMILES string of the molecule is COc1ccc(/C=N/Nc2nc(-c3cc4cc(Br)ccc4oc3=O)cs2)cc1. The van der Waals surface area contributed by atoms with Crippen LogP contribution in [0.2, 0.25) is 0 Å². The van der Waals surface area contributed by atoms with Gasteiger partial charge in [0.1, 0.15) is 11.3 Å². The standard InChI is InChI=1S/C20H14BrN3O3S/c1-26-15-5-2-12(3-6-15)10-22-24-20-23-17(11-28-20)16-9-13-8-14(21)4-7-18(13)27-19(16)25/h2-11H,1H3,(H,23,24)/b22-10+. The van der Waals surface area contributed by atoms with E-state index in [0.29, 0.717) is 22.0 Å². The third-order valence-corrected chi connectivity index (χ3v) is 5.20. The van der Waals surface area contributed by atoms with E-state index in [-0.39, 0.29) is 0 Å². The van der Waals surface area contributed by atoms with Crippen molar-refractivity contribution in [3.63, 3.8) is 0 Å². The molecule has 0 amide bonds. The molecule has 0 aliphatic heterocycles. The third-order valence-electron chi connectivity index (χ3n) is 3.96. The van der Waals surface area contributed by atoms with Crippen LogP contribution in [-0.4, -0.2) is 18.3 Å². The molecule has 0 aliphatic rings. The Morgan fingerprint density at radius 3 is 2.82 bits per heavy atom. The van der Waals surface area contributed by atoms with Crippen LogP contribution in [0.4, 0.5) is 5.13 Å². The van der Waals surface area contributed by atoms with E-state index in [1.54, 1.807) is 30.8 Å². The lowest BCUT2D eigenvalue weighted by Crippen LogP contribution is -2.03. The summed E-state index contributed by atoms with van der Waals surface area (Å²) in [5.74, 6) is 0.788. The smallest absolute Gasteiger partial charge is 0.345 e. The number of methoxy groups -OCH3 is 1. The van der Waals surface area contributed by atoms with E-state index in [0.717, 1.165) is 21.2 Å². The number of anilines is 1. The Balaban J connectivity index is 1.54. The van der Waals surface area contributed by atoms with Gasteiger partial charge in [-0.05, 0) is 54.1 Å². The second-order valence-electron chi connectivity index (χ2n) is 5.81. The molecule has 0 saturated carbocycles. The number of nitrogens with zero attached hydrogens (tertiary/aromatic N) is 2. The van der Waals surface area contributed by atoms with Gasteiger partial charge in [-0.15, -0.1) is 11.3 Å². The normalized spacial score (nSPS) is 11.2. The van der Waals surface area contributed by atoms with Gasteiger partial charge in [-0.1, -0.05) is 15.9 Å². The van der Waals surface area contributed by atoms with Crippen molar-refractivity contribution in [2.24, 2.45) is 5.10 Å². The van der Waals surface area contributed by atoms with Gasteiger partial charge in [-0.25, -0.2) is 9.78 Å². The van der Waals surface area contributed by atoms with Gasteiger partial charge in [0.15, 0.2) is 0 Å². The van der Waals surface area contributed by atoms with Gasteiger partial charge in [0.2, 0.25) is 5.13 Å². The van der Waals surface area contributed by atoms with Gasteiger partial charge in [0.25, 0.3) is 0 Å². The molecule has 0 spiro atoms. The van der Waals surface area contributed by atoms with E-state index in [1.807, 2.05) is 36.4 Å². The van der Waals surface area contributed by atoms with Crippen molar-refractivity contribution in [2.45, 2.75) is 0 Å². The Labute approximate surface area is 172 Å². The summed E-state index contributed by atoms with van der Waals surface area (Å²) in [6.45, 7) is 0. The molecule has 1 N–H and O–H groups in total. The summed E-state index contributed by atoms with van der Waals surface area (Å²) in [6.07, 6.45) is 1.68. The van der Waals surface area contributed by atoms with Crippen LogP contribution in [0.1, 0.15) is 5.56 Å². The Morgan fingerprint density at radius 2 is 2.04 bits per heavy atom. The highest BCUT2D eigenvalue weighted by Gasteiger charge is 2.11. The highest BCUT2D eigenvalue weighted by atomic mass is 79.9. The van der Waals surface area contributed by atoms with Crippen molar-refractivity contribution in [3.05, 3.63) is 74.4 Å². The monoisotopic (exact) mass is 455 g/mol. The molecule has 0 bridgehead atoms. The van der Waals surface area contributed by atoms with Gasteiger partial charge in [0.05, 0.1) is 24.6 Å². The molecule has 140 valence electrons. The van der Waals surface area contributed by atoms with Crippen molar-refractivity contribution in [2.75, 3.05) is 12.5 Å². The van der Waals surface area contributed by atoms with Crippen LogP contribution in [0.15, 0.2) is 72.7 Å². The van der Waals surface area contributed by atoms with E-state index < -0.39 is 5.63 Å². The molecule has 8 heteroatoms. The number of hydrogen-bond donors (Lipinski definition) is 1. The molecule has 0 unspecified atom stereocenters. The van der Waals surface area contributed by atoms with E-state index in [4.69, 9.17) is 9.15 Å². The number of hydrazone groups is 1. The van der Waals surface area contributed by atoms with Crippen molar-refractivity contribution in [1.82, 2.24) is 4.98 Å². The molecule has 0 atom stereocenters. The first-order valence-corrected chi connectivity index (χ1v) is 9.92. The fourth-order valence-electron chi connectivity index (χ4n) is 2.57. The number of benzene rings is 2. The molecule has 0 fully saturated rings. The highest BCUT2D eigenvalue weighted by molar-refractivity contribution is 9.10. The summed E-state index contributed by atoms with van der Waals surface area (Å²) in [7, 11) is 1.62. The Hall–Kier alpha value is -2.97. The maximum Gasteiger partial charge on any atom is 0.345 e. The number of fused-ring (bicyclic) bond motifs is 1. The number of ether oxygens (including phenoxy) is 1.